The lowest BCUT2D eigenvalue weighted by atomic mass is 10.1. The van der Waals surface area contributed by atoms with Crippen molar-refractivity contribution in [3.05, 3.63) is 83.1 Å². The van der Waals surface area contributed by atoms with Crippen LogP contribution in [-0.4, -0.2) is 22.0 Å². The molecule has 0 fully saturated rings. The van der Waals surface area contributed by atoms with Gasteiger partial charge in [-0.25, -0.2) is 0 Å². The number of hydrogen-bond acceptors (Lipinski definition) is 4. The summed E-state index contributed by atoms with van der Waals surface area (Å²) < 4.78 is 0. The average Bonchev–Trinajstić information content (AvgIpc) is 2.64. The van der Waals surface area contributed by atoms with Gasteiger partial charge in [0.05, 0.1) is 30.4 Å². The van der Waals surface area contributed by atoms with Crippen LogP contribution in [-0.2, 0) is 22.4 Å². The van der Waals surface area contributed by atoms with E-state index in [9.17, 15) is 9.59 Å². The lowest BCUT2D eigenvalue weighted by molar-refractivity contribution is -0.116. The van der Waals surface area contributed by atoms with Crippen LogP contribution in [0.3, 0.4) is 0 Å². The summed E-state index contributed by atoms with van der Waals surface area (Å²) in [7, 11) is 0. The van der Waals surface area contributed by atoms with Crippen molar-refractivity contribution in [3.63, 3.8) is 0 Å². The van der Waals surface area contributed by atoms with Crippen LogP contribution in [0.4, 0.5) is 11.4 Å². The molecule has 0 saturated heterocycles. The summed E-state index contributed by atoms with van der Waals surface area (Å²) in [6.07, 6.45) is 1.63. The molecule has 0 unspecified atom stereocenters. The van der Waals surface area contributed by atoms with Gasteiger partial charge in [-0.2, -0.15) is 10.2 Å². The second kappa shape index (κ2) is 8.91. The standard InChI is InChI=1S/C20H17ClN4O2/c21-18-9-5-4-6-14(18)10-19(26)24-17-11-16(25-22-13-17)12-20(27)23-15-7-2-1-3-8-15/h1-9,11,13H,10,12H2,(H,23,27)(H,24,25,26). The number of halogens is 1. The minimum atomic E-state index is -0.226. The first-order valence-corrected chi connectivity index (χ1v) is 8.68. The Morgan fingerprint density at radius 3 is 2.30 bits per heavy atom. The number of rotatable bonds is 6. The Balaban J connectivity index is 1.59. The lowest BCUT2D eigenvalue weighted by Gasteiger charge is -2.08. The summed E-state index contributed by atoms with van der Waals surface area (Å²) in [6.45, 7) is 0. The Morgan fingerprint density at radius 1 is 0.852 bits per heavy atom. The quantitative estimate of drug-likeness (QED) is 0.685. The van der Waals surface area contributed by atoms with Crippen LogP contribution >= 0.6 is 11.6 Å². The topological polar surface area (TPSA) is 84.0 Å². The van der Waals surface area contributed by atoms with E-state index in [0.29, 0.717) is 22.1 Å². The summed E-state index contributed by atoms with van der Waals surface area (Å²) >= 11 is 6.07. The first kappa shape index (κ1) is 18.5. The van der Waals surface area contributed by atoms with Crippen molar-refractivity contribution in [2.45, 2.75) is 12.8 Å². The molecule has 0 spiro atoms. The number of nitrogens with zero attached hydrogens (tertiary/aromatic N) is 2. The van der Waals surface area contributed by atoms with E-state index in [4.69, 9.17) is 11.6 Å². The zero-order chi connectivity index (χ0) is 19.1. The fraction of sp³-hybridized carbons (Fsp3) is 0.100. The van der Waals surface area contributed by atoms with Gasteiger partial charge in [0.15, 0.2) is 0 Å². The number of para-hydroxylation sites is 1. The van der Waals surface area contributed by atoms with Crippen LogP contribution in [0.5, 0.6) is 0 Å². The van der Waals surface area contributed by atoms with Gasteiger partial charge in [-0.05, 0) is 29.8 Å². The number of nitrogens with one attached hydrogen (secondary N) is 2. The van der Waals surface area contributed by atoms with E-state index in [1.54, 1.807) is 30.3 Å². The van der Waals surface area contributed by atoms with E-state index < -0.39 is 0 Å². The van der Waals surface area contributed by atoms with Crippen molar-refractivity contribution in [1.82, 2.24) is 10.2 Å². The van der Waals surface area contributed by atoms with Crippen molar-refractivity contribution in [2.24, 2.45) is 0 Å². The van der Waals surface area contributed by atoms with Gasteiger partial charge in [-0.1, -0.05) is 48.0 Å². The molecule has 2 amide bonds. The normalized spacial score (nSPS) is 10.3. The number of aromatic nitrogens is 2. The van der Waals surface area contributed by atoms with Gasteiger partial charge in [0, 0.05) is 10.7 Å². The third kappa shape index (κ3) is 5.62. The fourth-order valence-corrected chi connectivity index (χ4v) is 2.68. The van der Waals surface area contributed by atoms with Gasteiger partial charge in [0.1, 0.15) is 0 Å². The number of benzene rings is 2. The average molecular weight is 381 g/mol. The molecule has 7 heteroatoms. The van der Waals surface area contributed by atoms with Crippen LogP contribution in [0, 0.1) is 0 Å². The molecular formula is C20H17ClN4O2. The van der Waals surface area contributed by atoms with Crippen LogP contribution in [0.25, 0.3) is 0 Å². The summed E-state index contributed by atoms with van der Waals surface area (Å²) in [5, 5.41) is 13.9. The van der Waals surface area contributed by atoms with Crippen LogP contribution < -0.4 is 10.6 Å². The van der Waals surface area contributed by atoms with Gasteiger partial charge in [-0.15, -0.1) is 0 Å². The smallest absolute Gasteiger partial charge is 0.230 e. The SMILES string of the molecule is O=C(Cc1cc(NC(=O)Cc2ccccc2Cl)cnn1)Nc1ccccc1. The summed E-state index contributed by atoms with van der Waals surface area (Å²) in [5.74, 6) is -0.439. The van der Waals surface area contributed by atoms with Crippen LogP contribution in [0.2, 0.25) is 5.02 Å². The lowest BCUT2D eigenvalue weighted by Crippen LogP contribution is -2.17. The largest absolute Gasteiger partial charge is 0.326 e. The monoisotopic (exact) mass is 380 g/mol. The fourth-order valence-electron chi connectivity index (χ4n) is 2.48. The maximum Gasteiger partial charge on any atom is 0.230 e. The van der Waals surface area contributed by atoms with Gasteiger partial charge < -0.3 is 10.6 Å². The molecule has 3 aromatic rings. The molecule has 0 radical (unpaired) electrons. The minimum absolute atomic E-state index is 0.0517. The molecule has 3 rings (SSSR count). The van der Waals surface area contributed by atoms with Gasteiger partial charge in [-0.3, -0.25) is 9.59 Å². The second-order valence-corrected chi connectivity index (χ2v) is 6.25. The molecule has 0 aliphatic rings. The summed E-state index contributed by atoms with van der Waals surface area (Å²) in [4.78, 5) is 24.3. The van der Waals surface area contributed by atoms with Crippen molar-refractivity contribution < 1.29 is 9.59 Å². The highest BCUT2D eigenvalue weighted by atomic mass is 35.5. The maximum atomic E-state index is 12.2. The molecule has 0 atom stereocenters. The predicted molar refractivity (Wildman–Crippen MR) is 105 cm³/mol. The molecular weight excluding hydrogens is 364 g/mol. The highest BCUT2D eigenvalue weighted by Crippen LogP contribution is 2.16. The number of hydrogen-bond donors (Lipinski definition) is 2. The third-order valence-electron chi connectivity index (χ3n) is 3.70. The third-order valence-corrected chi connectivity index (χ3v) is 4.07. The van der Waals surface area contributed by atoms with E-state index in [1.165, 1.54) is 6.20 Å². The molecule has 0 aliphatic carbocycles. The molecule has 2 aromatic carbocycles. The Hall–Kier alpha value is -3.25. The van der Waals surface area contributed by atoms with E-state index in [0.717, 1.165) is 5.56 Å². The van der Waals surface area contributed by atoms with Gasteiger partial charge >= 0.3 is 0 Å². The summed E-state index contributed by atoms with van der Waals surface area (Å²) in [5.41, 5.74) is 2.38. The van der Waals surface area contributed by atoms with Crippen LogP contribution in [0.15, 0.2) is 66.9 Å². The molecule has 27 heavy (non-hydrogen) atoms. The Bertz CT molecular complexity index is 947. The van der Waals surface area contributed by atoms with E-state index in [-0.39, 0.29) is 24.7 Å². The van der Waals surface area contributed by atoms with Gasteiger partial charge in [0.25, 0.3) is 0 Å². The number of carbonyl (C=O) groups excluding carboxylic acids is 2. The molecule has 136 valence electrons. The second-order valence-electron chi connectivity index (χ2n) is 5.84. The van der Waals surface area contributed by atoms with Crippen molar-refractivity contribution in [2.75, 3.05) is 10.6 Å². The first-order valence-electron chi connectivity index (χ1n) is 8.30. The zero-order valence-corrected chi connectivity index (χ0v) is 15.1. The molecule has 2 N–H and O–H groups in total. The van der Waals surface area contributed by atoms with Gasteiger partial charge in [0.2, 0.25) is 11.8 Å². The van der Waals surface area contributed by atoms with E-state index in [1.807, 2.05) is 30.3 Å². The molecule has 0 aliphatic heterocycles. The maximum absolute atomic E-state index is 12.2. The minimum Gasteiger partial charge on any atom is -0.326 e. The number of carbonyl (C=O) groups is 2. The van der Waals surface area contributed by atoms with E-state index >= 15 is 0 Å². The predicted octanol–water partition coefficient (Wildman–Crippen LogP) is 3.49. The molecule has 0 bridgehead atoms. The Labute approximate surface area is 161 Å². The van der Waals surface area contributed by atoms with E-state index in [2.05, 4.69) is 20.8 Å². The highest BCUT2D eigenvalue weighted by molar-refractivity contribution is 6.31. The highest BCUT2D eigenvalue weighted by Gasteiger charge is 2.10. The zero-order valence-electron chi connectivity index (χ0n) is 14.4. The number of anilines is 2. The first-order chi connectivity index (χ1) is 13.1. The Kier molecular flexibility index (Phi) is 6.12. The van der Waals surface area contributed by atoms with Crippen LogP contribution in [0.1, 0.15) is 11.3 Å². The van der Waals surface area contributed by atoms with Crippen molar-refractivity contribution >= 4 is 34.8 Å². The Morgan fingerprint density at radius 2 is 1.52 bits per heavy atom. The van der Waals surface area contributed by atoms with Crippen molar-refractivity contribution in [3.8, 4) is 0 Å². The molecule has 1 aromatic heterocycles. The summed E-state index contributed by atoms with van der Waals surface area (Å²) in [6, 6.07) is 17.9. The molecule has 0 saturated carbocycles. The van der Waals surface area contributed by atoms with Crippen molar-refractivity contribution in [1.29, 1.82) is 0 Å². The molecule has 1 heterocycles. The molecule has 6 nitrogen and oxygen atoms in total. The number of amides is 2.